The van der Waals surface area contributed by atoms with Crippen molar-refractivity contribution in [2.75, 3.05) is 31.1 Å². The fourth-order valence-electron chi connectivity index (χ4n) is 5.29. The van der Waals surface area contributed by atoms with E-state index in [1.165, 1.54) is 16.8 Å². The van der Waals surface area contributed by atoms with Gasteiger partial charge in [-0.2, -0.15) is 13.2 Å². The van der Waals surface area contributed by atoms with Gasteiger partial charge in [-0.1, -0.05) is 22.9 Å². The number of alkyl halides is 3. The Balaban J connectivity index is 1.40. The molecule has 36 heavy (non-hydrogen) atoms. The zero-order chi connectivity index (χ0) is 25.6. The second-order valence-electron chi connectivity index (χ2n) is 9.59. The molecule has 2 aromatic carbocycles. The number of carbonyl (C=O) groups excluding carboxylic acids is 1. The lowest BCUT2D eigenvalue weighted by Gasteiger charge is -2.42. The summed E-state index contributed by atoms with van der Waals surface area (Å²) in [5.74, 6) is 0.162. The first-order valence-corrected chi connectivity index (χ1v) is 12.5. The quantitative estimate of drug-likeness (QED) is 0.548. The zero-order valence-corrected chi connectivity index (χ0v) is 20.9. The summed E-state index contributed by atoms with van der Waals surface area (Å²) in [5, 5.41) is 11.7. The van der Waals surface area contributed by atoms with Crippen LogP contribution in [0.15, 0.2) is 36.4 Å². The molecular formula is C25H28ClF3N6O. The average Bonchev–Trinajstić information content (AvgIpc) is 3.52. The summed E-state index contributed by atoms with van der Waals surface area (Å²) in [5.41, 5.74) is 1.45. The highest BCUT2D eigenvalue weighted by Gasteiger charge is 2.36. The smallest absolute Gasteiger partial charge is 0.368 e. The number of carbonyl (C=O) groups is 1. The number of nitrogens with zero attached hydrogens (tertiary/aromatic N) is 5. The van der Waals surface area contributed by atoms with E-state index in [9.17, 15) is 18.0 Å². The van der Waals surface area contributed by atoms with E-state index in [1.807, 2.05) is 30.0 Å². The molecule has 2 aliphatic rings. The maximum atomic E-state index is 13.7. The van der Waals surface area contributed by atoms with Crippen LogP contribution >= 0.6 is 11.6 Å². The van der Waals surface area contributed by atoms with Crippen molar-refractivity contribution in [1.29, 1.82) is 0 Å². The van der Waals surface area contributed by atoms with E-state index in [-0.39, 0.29) is 28.6 Å². The monoisotopic (exact) mass is 520 g/mol. The fourth-order valence-corrected chi connectivity index (χ4v) is 5.46. The van der Waals surface area contributed by atoms with Crippen LogP contribution in [0.5, 0.6) is 0 Å². The van der Waals surface area contributed by atoms with Crippen LogP contribution in [0.25, 0.3) is 11.0 Å². The fraction of sp³-hybridized carbons (Fsp3) is 0.480. The molecule has 1 amide bonds. The Bertz CT molecular complexity index is 1270. The summed E-state index contributed by atoms with van der Waals surface area (Å²) >= 11 is 5.86. The van der Waals surface area contributed by atoms with E-state index in [0.29, 0.717) is 30.7 Å². The Kier molecular flexibility index (Phi) is 6.59. The predicted molar refractivity (Wildman–Crippen MR) is 132 cm³/mol. The number of fused-ring (bicyclic) bond motifs is 1. The Morgan fingerprint density at radius 1 is 1.19 bits per heavy atom. The number of halogens is 4. The summed E-state index contributed by atoms with van der Waals surface area (Å²) in [4.78, 5) is 17.0. The highest BCUT2D eigenvalue weighted by atomic mass is 35.5. The second kappa shape index (κ2) is 9.55. The third kappa shape index (κ3) is 4.64. The van der Waals surface area contributed by atoms with E-state index in [1.54, 1.807) is 6.92 Å². The van der Waals surface area contributed by atoms with Gasteiger partial charge >= 0.3 is 6.18 Å². The molecule has 7 nitrogen and oxygen atoms in total. The minimum atomic E-state index is -4.54. The number of hydrogen-bond donors (Lipinski definition) is 1. The lowest BCUT2D eigenvalue weighted by atomic mass is 10.0. The number of hydrogen-bond acceptors (Lipinski definition) is 5. The van der Waals surface area contributed by atoms with Crippen molar-refractivity contribution < 1.29 is 18.0 Å². The molecule has 2 unspecified atom stereocenters. The van der Waals surface area contributed by atoms with Crippen LogP contribution in [0, 0.1) is 0 Å². The van der Waals surface area contributed by atoms with Gasteiger partial charge in [0.05, 0.1) is 23.2 Å². The lowest BCUT2D eigenvalue weighted by Crippen LogP contribution is -2.57. The van der Waals surface area contributed by atoms with Gasteiger partial charge < -0.3 is 15.1 Å². The van der Waals surface area contributed by atoms with Crippen molar-refractivity contribution in [2.45, 2.75) is 51.0 Å². The van der Waals surface area contributed by atoms with Gasteiger partial charge in [0.2, 0.25) is 5.91 Å². The highest BCUT2D eigenvalue weighted by Crippen LogP contribution is 2.38. The van der Waals surface area contributed by atoms with Crippen LogP contribution in [0.4, 0.5) is 18.9 Å². The first-order chi connectivity index (χ1) is 17.1. The topological polar surface area (TPSA) is 66.3 Å². The number of aromatic nitrogens is 3. The summed E-state index contributed by atoms with van der Waals surface area (Å²) in [6.45, 7) is 6.54. The summed E-state index contributed by atoms with van der Waals surface area (Å²) in [6, 6.07) is 8.71. The first kappa shape index (κ1) is 24.8. The van der Waals surface area contributed by atoms with Gasteiger partial charge in [-0.3, -0.25) is 4.79 Å². The van der Waals surface area contributed by atoms with Crippen LogP contribution in [0.1, 0.15) is 43.9 Å². The number of rotatable bonds is 4. The van der Waals surface area contributed by atoms with Crippen LogP contribution < -0.4 is 10.2 Å². The van der Waals surface area contributed by atoms with Gasteiger partial charge in [-0.15, -0.1) is 5.10 Å². The molecule has 2 fully saturated rings. The van der Waals surface area contributed by atoms with Crippen molar-refractivity contribution in [1.82, 2.24) is 25.2 Å². The van der Waals surface area contributed by atoms with Crippen molar-refractivity contribution in [3.63, 3.8) is 0 Å². The molecule has 11 heteroatoms. The largest absolute Gasteiger partial charge is 0.416 e. The van der Waals surface area contributed by atoms with E-state index < -0.39 is 17.8 Å². The average molecular weight is 521 g/mol. The molecule has 0 aliphatic carbocycles. The molecule has 0 saturated carbocycles. The molecule has 1 N–H and O–H groups in total. The normalized spacial score (nSPS) is 21.8. The lowest BCUT2D eigenvalue weighted by molar-refractivity contribution is -0.138. The first-order valence-electron chi connectivity index (χ1n) is 12.1. The summed E-state index contributed by atoms with van der Waals surface area (Å²) in [7, 11) is 0. The molecule has 3 aromatic rings. The van der Waals surface area contributed by atoms with Crippen molar-refractivity contribution in [3.8, 4) is 0 Å². The minimum absolute atomic E-state index is 0.0273. The van der Waals surface area contributed by atoms with Crippen LogP contribution in [0.2, 0.25) is 5.02 Å². The molecule has 2 aliphatic heterocycles. The van der Waals surface area contributed by atoms with Crippen LogP contribution in [-0.4, -0.2) is 64.1 Å². The van der Waals surface area contributed by atoms with Crippen molar-refractivity contribution >= 4 is 34.2 Å². The van der Waals surface area contributed by atoms with Gasteiger partial charge in [-0.25, -0.2) is 4.68 Å². The third-order valence-corrected chi connectivity index (χ3v) is 7.46. The van der Waals surface area contributed by atoms with Crippen LogP contribution in [0.3, 0.4) is 0 Å². The highest BCUT2D eigenvalue weighted by molar-refractivity contribution is 6.30. The van der Waals surface area contributed by atoms with E-state index in [2.05, 4.69) is 20.5 Å². The SMILES string of the molecule is CC1CN(c2ccc3nnn(C(C)c4ccc(Cl)cc4C(F)(F)F)c3c2)CCN1C(=O)[C@H]1CCCN1. The Morgan fingerprint density at radius 2 is 2.00 bits per heavy atom. The van der Waals surface area contributed by atoms with Crippen molar-refractivity contribution in [2.24, 2.45) is 0 Å². The summed E-state index contributed by atoms with van der Waals surface area (Å²) < 4.78 is 42.7. The number of benzene rings is 2. The standard InChI is InChI=1S/C25H28ClF3N6O/c1-15-14-33(10-11-34(15)24(36)22-4-3-9-30-22)18-6-8-21-23(13-18)35(32-31-21)16(2)19-7-5-17(26)12-20(19)25(27,28)29/h5-8,12-13,15-16,22,30H,3-4,9-11,14H2,1-2H3/t15?,16?,22-/m1/s1. The van der Waals surface area contributed by atoms with Gasteiger partial charge in [-0.05, 0) is 69.1 Å². The molecule has 3 atom stereocenters. The maximum absolute atomic E-state index is 13.7. The maximum Gasteiger partial charge on any atom is 0.416 e. The Hall–Kier alpha value is -2.85. The van der Waals surface area contributed by atoms with E-state index >= 15 is 0 Å². The Morgan fingerprint density at radius 3 is 2.69 bits per heavy atom. The van der Waals surface area contributed by atoms with Gasteiger partial charge in [0.1, 0.15) is 5.52 Å². The van der Waals surface area contributed by atoms with Crippen molar-refractivity contribution in [3.05, 3.63) is 52.5 Å². The second-order valence-corrected chi connectivity index (χ2v) is 10.0. The van der Waals surface area contributed by atoms with Gasteiger partial charge in [0.25, 0.3) is 0 Å². The molecular weight excluding hydrogens is 493 g/mol. The Labute approximate surface area is 212 Å². The van der Waals surface area contributed by atoms with Crippen LogP contribution in [-0.2, 0) is 11.0 Å². The predicted octanol–water partition coefficient (Wildman–Crippen LogP) is 4.50. The van der Waals surface area contributed by atoms with E-state index in [0.717, 1.165) is 31.1 Å². The molecule has 192 valence electrons. The molecule has 2 saturated heterocycles. The molecule has 5 rings (SSSR count). The molecule has 0 radical (unpaired) electrons. The van der Waals surface area contributed by atoms with Gasteiger partial charge in [0.15, 0.2) is 0 Å². The summed E-state index contributed by atoms with van der Waals surface area (Å²) in [6.07, 6.45) is -2.65. The molecule has 0 bridgehead atoms. The van der Waals surface area contributed by atoms with Gasteiger partial charge in [0, 0.05) is 36.4 Å². The number of anilines is 1. The van der Waals surface area contributed by atoms with E-state index in [4.69, 9.17) is 11.6 Å². The minimum Gasteiger partial charge on any atom is -0.368 e. The number of amides is 1. The molecule has 0 spiro atoms. The zero-order valence-electron chi connectivity index (χ0n) is 20.1. The molecule has 1 aromatic heterocycles. The number of piperazine rings is 1. The molecule has 3 heterocycles. The third-order valence-electron chi connectivity index (χ3n) is 7.23. The number of nitrogens with one attached hydrogen (secondary N) is 1.